The molecule has 1 aliphatic rings. The van der Waals surface area contributed by atoms with Crippen LogP contribution in [0, 0.1) is 0 Å². The second-order valence-corrected chi connectivity index (χ2v) is 8.15. The number of fused-ring (bicyclic) bond motifs is 3. The lowest BCUT2D eigenvalue weighted by molar-refractivity contribution is -0.137. The SMILES string of the molecule is CCN(CCCCC(=O)O)C(=O)c1nonc1NC(=O)OCC1c2ccccc2-c2ccccc21. The Morgan fingerprint density at radius 1 is 1.03 bits per heavy atom. The predicted molar refractivity (Wildman–Crippen MR) is 126 cm³/mol. The van der Waals surface area contributed by atoms with Crippen LogP contribution in [-0.4, -0.2) is 58.0 Å². The molecule has 2 aromatic carbocycles. The van der Waals surface area contributed by atoms with Crippen LogP contribution in [0.5, 0.6) is 0 Å². The van der Waals surface area contributed by atoms with Crippen LogP contribution in [0.4, 0.5) is 10.6 Å². The van der Waals surface area contributed by atoms with E-state index >= 15 is 0 Å². The van der Waals surface area contributed by atoms with Crippen molar-refractivity contribution in [2.45, 2.75) is 32.1 Å². The molecule has 1 aliphatic carbocycles. The number of carbonyl (C=O) groups excluding carboxylic acids is 2. The largest absolute Gasteiger partial charge is 0.481 e. The van der Waals surface area contributed by atoms with Gasteiger partial charge in [0.15, 0.2) is 0 Å². The highest BCUT2D eigenvalue weighted by atomic mass is 16.6. The van der Waals surface area contributed by atoms with Gasteiger partial charge in [-0.05, 0) is 52.3 Å². The number of hydrogen-bond donors (Lipinski definition) is 2. The fourth-order valence-electron chi connectivity index (χ4n) is 4.27. The van der Waals surface area contributed by atoms with Crippen LogP contribution in [0.15, 0.2) is 53.2 Å². The number of carboxylic acids is 1. The number of hydrogen-bond acceptors (Lipinski definition) is 7. The molecular formula is C25H26N4O6. The Kier molecular flexibility index (Phi) is 7.39. The topological polar surface area (TPSA) is 135 Å². The average molecular weight is 479 g/mol. The van der Waals surface area contributed by atoms with Crippen molar-refractivity contribution >= 4 is 23.8 Å². The number of rotatable bonds is 10. The van der Waals surface area contributed by atoms with E-state index in [1.807, 2.05) is 48.5 Å². The van der Waals surface area contributed by atoms with Gasteiger partial charge in [-0.3, -0.25) is 14.9 Å². The maximum Gasteiger partial charge on any atom is 0.412 e. The van der Waals surface area contributed by atoms with Crippen LogP contribution in [0.3, 0.4) is 0 Å². The van der Waals surface area contributed by atoms with Crippen LogP contribution >= 0.6 is 0 Å². The molecule has 1 aromatic heterocycles. The highest BCUT2D eigenvalue weighted by Gasteiger charge is 2.30. The first-order valence-electron chi connectivity index (χ1n) is 11.4. The highest BCUT2D eigenvalue weighted by Crippen LogP contribution is 2.44. The minimum atomic E-state index is -0.880. The van der Waals surface area contributed by atoms with Crippen LogP contribution in [-0.2, 0) is 9.53 Å². The number of benzene rings is 2. The Labute approximate surface area is 201 Å². The molecule has 3 aromatic rings. The molecule has 0 saturated carbocycles. The number of ether oxygens (including phenoxy) is 1. The van der Waals surface area contributed by atoms with Gasteiger partial charge in [-0.1, -0.05) is 48.5 Å². The predicted octanol–water partition coefficient (Wildman–Crippen LogP) is 4.15. The highest BCUT2D eigenvalue weighted by molar-refractivity contribution is 5.99. The summed E-state index contributed by atoms with van der Waals surface area (Å²) in [4.78, 5) is 37.6. The molecule has 10 heteroatoms. The minimum absolute atomic E-state index is 0.0336. The fourth-order valence-corrected chi connectivity index (χ4v) is 4.27. The van der Waals surface area contributed by atoms with E-state index in [1.165, 1.54) is 4.90 Å². The van der Waals surface area contributed by atoms with Crippen molar-refractivity contribution in [3.05, 3.63) is 65.4 Å². The van der Waals surface area contributed by atoms with Crippen molar-refractivity contribution in [1.82, 2.24) is 15.2 Å². The van der Waals surface area contributed by atoms with Crippen LogP contribution in [0.1, 0.15) is 53.7 Å². The molecule has 2 N–H and O–H groups in total. The number of anilines is 1. The summed E-state index contributed by atoms with van der Waals surface area (Å²) in [5.74, 6) is -1.59. The van der Waals surface area contributed by atoms with E-state index in [4.69, 9.17) is 14.5 Å². The lowest BCUT2D eigenvalue weighted by Crippen LogP contribution is -2.33. The zero-order chi connectivity index (χ0) is 24.8. The Morgan fingerprint density at radius 2 is 1.69 bits per heavy atom. The number of unbranched alkanes of at least 4 members (excludes halogenated alkanes) is 1. The summed E-state index contributed by atoms with van der Waals surface area (Å²) in [7, 11) is 0. The third-order valence-corrected chi connectivity index (χ3v) is 5.99. The number of aromatic nitrogens is 2. The summed E-state index contributed by atoms with van der Waals surface area (Å²) in [6, 6.07) is 16.0. The minimum Gasteiger partial charge on any atom is -0.481 e. The van der Waals surface area contributed by atoms with Gasteiger partial charge in [0.05, 0.1) is 0 Å². The zero-order valence-corrected chi connectivity index (χ0v) is 19.3. The van der Waals surface area contributed by atoms with Crippen LogP contribution < -0.4 is 5.32 Å². The summed E-state index contributed by atoms with van der Waals surface area (Å²) in [6.45, 7) is 2.63. The van der Waals surface area contributed by atoms with Crippen molar-refractivity contribution in [2.24, 2.45) is 0 Å². The summed E-state index contributed by atoms with van der Waals surface area (Å²) in [5, 5.41) is 18.5. The van der Waals surface area contributed by atoms with Crippen LogP contribution in [0.2, 0.25) is 0 Å². The molecule has 0 unspecified atom stereocenters. The van der Waals surface area contributed by atoms with Gasteiger partial charge in [0.1, 0.15) is 6.61 Å². The van der Waals surface area contributed by atoms with Crippen molar-refractivity contribution < 1.29 is 28.9 Å². The molecule has 0 saturated heterocycles. The summed E-state index contributed by atoms with van der Waals surface area (Å²) in [6.07, 6.45) is 0.222. The van der Waals surface area contributed by atoms with E-state index < -0.39 is 18.0 Å². The van der Waals surface area contributed by atoms with E-state index in [0.717, 1.165) is 22.3 Å². The quantitative estimate of drug-likeness (QED) is 0.415. The van der Waals surface area contributed by atoms with Gasteiger partial charge in [-0.2, -0.15) is 0 Å². The molecule has 1 heterocycles. The normalized spacial score (nSPS) is 12.0. The Balaban J connectivity index is 1.37. The number of aliphatic carboxylic acids is 1. The number of nitrogens with zero attached hydrogens (tertiary/aromatic N) is 3. The van der Waals surface area contributed by atoms with Gasteiger partial charge in [0.25, 0.3) is 5.91 Å². The standard InChI is InChI=1S/C25H26N4O6/c1-2-29(14-8-7-13-21(30)31)24(32)22-23(28-35-27-22)26-25(33)34-15-20-18-11-5-3-9-16(18)17-10-4-6-12-19(17)20/h3-6,9-12,20H,2,7-8,13-15H2,1H3,(H,30,31)(H,26,28,33). The Hall–Kier alpha value is -4.21. The van der Waals surface area contributed by atoms with E-state index in [9.17, 15) is 14.4 Å². The lowest BCUT2D eigenvalue weighted by atomic mass is 9.98. The Morgan fingerprint density at radius 3 is 2.31 bits per heavy atom. The van der Waals surface area contributed by atoms with E-state index in [2.05, 4.69) is 15.6 Å². The molecule has 0 bridgehead atoms. The number of nitrogens with one attached hydrogen (secondary N) is 1. The Bertz CT molecular complexity index is 1180. The molecule has 0 aliphatic heterocycles. The van der Waals surface area contributed by atoms with Gasteiger partial charge in [0.2, 0.25) is 11.5 Å². The van der Waals surface area contributed by atoms with E-state index in [0.29, 0.717) is 25.9 Å². The molecule has 0 spiro atoms. The molecular weight excluding hydrogens is 452 g/mol. The van der Waals surface area contributed by atoms with Crippen molar-refractivity contribution in [2.75, 3.05) is 25.0 Å². The molecule has 182 valence electrons. The summed E-state index contributed by atoms with van der Waals surface area (Å²) in [5.41, 5.74) is 4.27. The third kappa shape index (κ3) is 5.32. The summed E-state index contributed by atoms with van der Waals surface area (Å²) < 4.78 is 10.2. The lowest BCUT2D eigenvalue weighted by Gasteiger charge is -2.19. The molecule has 0 atom stereocenters. The smallest absolute Gasteiger partial charge is 0.412 e. The van der Waals surface area contributed by atoms with Crippen molar-refractivity contribution in [3.63, 3.8) is 0 Å². The fraction of sp³-hybridized carbons (Fsp3) is 0.320. The van der Waals surface area contributed by atoms with E-state index in [-0.39, 0.29) is 30.5 Å². The monoisotopic (exact) mass is 478 g/mol. The zero-order valence-electron chi connectivity index (χ0n) is 19.3. The van der Waals surface area contributed by atoms with Crippen molar-refractivity contribution in [3.8, 4) is 11.1 Å². The van der Waals surface area contributed by atoms with Gasteiger partial charge >= 0.3 is 12.1 Å². The van der Waals surface area contributed by atoms with Gasteiger partial charge < -0.3 is 14.7 Å². The average Bonchev–Trinajstić information content (AvgIpc) is 3.44. The molecule has 0 fully saturated rings. The van der Waals surface area contributed by atoms with Gasteiger partial charge in [-0.25, -0.2) is 9.42 Å². The molecule has 10 nitrogen and oxygen atoms in total. The maximum absolute atomic E-state index is 12.9. The second-order valence-electron chi connectivity index (χ2n) is 8.15. The molecule has 0 radical (unpaired) electrons. The summed E-state index contributed by atoms with van der Waals surface area (Å²) >= 11 is 0. The molecule has 35 heavy (non-hydrogen) atoms. The number of amides is 2. The maximum atomic E-state index is 12.9. The number of carboxylic acid groups (broad SMARTS) is 1. The van der Waals surface area contributed by atoms with Crippen LogP contribution in [0.25, 0.3) is 11.1 Å². The van der Waals surface area contributed by atoms with Gasteiger partial charge in [-0.15, -0.1) is 0 Å². The molecule has 2 amide bonds. The number of carbonyl (C=O) groups is 3. The first kappa shape index (κ1) is 23.9. The first-order valence-corrected chi connectivity index (χ1v) is 11.4. The van der Waals surface area contributed by atoms with Gasteiger partial charge in [0, 0.05) is 25.4 Å². The van der Waals surface area contributed by atoms with E-state index in [1.54, 1.807) is 6.92 Å². The second kappa shape index (κ2) is 10.8. The van der Waals surface area contributed by atoms with Crippen molar-refractivity contribution in [1.29, 1.82) is 0 Å². The third-order valence-electron chi connectivity index (χ3n) is 5.99. The molecule has 4 rings (SSSR count). The first-order chi connectivity index (χ1) is 17.0.